The fraction of sp³-hybridized carbons (Fsp3) is 0.333. The third kappa shape index (κ3) is 7.10. The highest BCUT2D eigenvalue weighted by Crippen LogP contribution is 2.37. The smallest absolute Gasteiger partial charge is 0.0573 e. The van der Waals surface area contributed by atoms with Gasteiger partial charge in [-0.25, -0.2) is 0 Å². The van der Waals surface area contributed by atoms with Crippen molar-refractivity contribution in [2.45, 2.75) is 51.4 Å². The van der Waals surface area contributed by atoms with Crippen molar-refractivity contribution >= 4 is 32.3 Å². The minimum atomic E-state index is 0.648. The van der Waals surface area contributed by atoms with E-state index in [0.29, 0.717) is 13.1 Å². The predicted octanol–water partition coefficient (Wildman–Crippen LogP) is 6.85. The molecule has 0 fully saturated rings. The minimum Gasteiger partial charge on any atom is -0.306 e. The van der Waals surface area contributed by atoms with Crippen LogP contribution < -0.4 is 10.6 Å². The van der Waals surface area contributed by atoms with E-state index < -0.39 is 0 Å². The summed E-state index contributed by atoms with van der Waals surface area (Å²) in [6.07, 6.45) is 19.2. The van der Waals surface area contributed by atoms with E-state index in [9.17, 15) is 0 Å². The van der Waals surface area contributed by atoms with Crippen LogP contribution in [0.4, 0.5) is 0 Å². The van der Waals surface area contributed by atoms with E-state index in [1.807, 2.05) is 0 Å². The first-order valence-electron chi connectivity index (χ1n) is 13.8. The van der Waals surface area contributed by atoms with Gasteiger partial charge in [-0.05, 0) is 83.2 Å². The molecule has 0 atom stereocenters. The van der Waals surface area contributed by atoms with Crippen LogP contribution in [0.15, 0.2) is 48.5 Å². The zero-order valence-corrected chi connectivity index (χ0v) is 22.3. The van der Waals surface area contributed by atoms with Gasteiger partial charge in [0.25, 0.3) is 0 Å². The molecule has 38 heavy (non-hydrogen) atoms. The Hall–Kier alpha value is -3.92. The molecule has 2 heteroatoms. The summed E-state index contributed by atoms with van der Waals surface area (Å²) in [5, 5.41) is 14.1. The van der Waals surface area contributed by atoms with Gasteiger partial charge in [-0.2, -0.15) is 0 Å². The van der Waals surface area contributed by atoms with Crippen molar-refractivity contribution in [2.75, 3.05) is 26.2 Å². The summed E-state index contributed by atoms with van der Waals surface area (Å²) in [4.78, 5) is 0. The maximum Gasteiger partial charge on any atom is 0.0573 e. The fourth-order valence-electron chi connectivity index (χ4n) is 4.94. The van der Waals surface area contributed by atoms with Crippen LogP contribution in [0.1, 0.15) is 62.5 Å². The molecule has 0 aliphatic heterocycles. The third-order valence-corrected chi connectivity index (χ3v) is 6.88. The molecule has 0 saturated heterocycles. The van der Waals surface area contributed by atoms with Gasteiger partial charge in [0.15, 0.2) is 0 Å². The molecular weight excluding hydrogens is 460 g/mol. The Kier molecular flexibility index (Phi) is 10.5. The lowest BCUT2D eigenvalue weighted by Gasteiger charge is -2.13. The van der Waals surface area contributed by atoms with Crippen LogP contribution >= 0.6 is 0 Å². The summed E-state index contributed by atoms with van der Waals surface area (Å²) in [6, 6.07) is 17.7. The largest absolute Gasteiger partial charge is 0.306 e. The molecule has 0 amide bonds. The SMILES string of the molecule is C#CCNCCCCCC#Cc1ccc2ccc3c(C#CCCCCCNCC#C)ccc4ccc1c2c43. The van der Waals surface area contributed by atoms with Crippen molar-refractivity contribution in [1.82, 2.24) is 10.6 Å². The van der Waals surface area contributed by atoms with Crippen LogP contribution in [-0.4, -0.2) is 26.2 Å². The molecule has 0 bridgehead atoms. The second-order valence-electron chi connectivity index (χ2n) is 9.64. The van der Waals surface area contributed by atoms with Crippen LogP contribution in [0.5, 0.6) is 0 Å². The molecule has 2 nitrogen and oxygen atoms in total. The van der Waals surface area contributed by atoms with E-state index in [4.69, 9.17) is 12.8 Å². The van der Waals surface area contributed by atoms with E-state index in [2.05, 4.69) is 94.7 Å². The maximum atomic E-state index is 5.27. The Morgan fingerprint density at radius 1 is 0.526 bits per heavy atom. The number of terminal acetylenes is 2. The van der Waals surface area contributed by atoms with E-state index in [0.717, 1.165) is 75.6 Å². The molecule has 0 aliphatic carbocycles. The zero-order valence-electron chi connectivity index (χ0n) is 22.3. The molecular formula is C36H36N2. The molecule has 0 aliphatic rings. The van der Waals surface area contributed by atoms with Crippen molar-refractivity contribution in [3.63, 3.8) is 0 Å². The molecule has 0 radical (unpaired) electrons. The Labute approximate surface area is 228 Å². The molecule has 0 heterocycles. The van der Waals surface area contributed by atoms with Gasteiger partial charge in [0, 0.05) is 24.0 Å². The van der Waals surface area contributed by atoms with Gasteiger partial charge in [-0.3, -0.25) is 0 Å². The lowest BCUT2D eigenvalue weighted by atomic mass is 9.90. The normalized spacial score (nSPS) is 10.6. The molecule has 0 unspecified atom stereocenters. The highest BCUT2D eigenvalue weighted by molar-refractivity contribution is 6.24. The first-order valence-corrected chi connectivity index (χ1v) is 13.8. The molecule has 0 saturated carbocycles. The summed E-state index contributed by atoms with van der Waals surface area (Å²) in [7, 11) is 0. The van der Waals surface area contributed by atoms with E-state index in [1.165, 1.54) is 32.3 Å². The summed E-state index contributed by atoms with van der Waals surface area (Å²) in [6.45, 7) is 3.25. The lowest BCUT2D eigenvalue weighted by molar-refractivity contribution is 0.637. The van der Waals surface area contributed by atoms with Crippen LogP contribution in [-0.2, 0) is 0 Å². The van der Waals surface area contributed by atoms with Gasteiger partial charge in [-0.1, -0.05) is 84.8 Å². The second-order valence-corrected chi connectivity index (χ2v) is 9.64. The van der Waals surface area contributed by atoms with Crippen molar-refractivity contribution < 1.29 is 0 Å². The second kappa shape index (κ2) is 14.7. The van der Waals surface area contributed by atoms with Gasteiger partial charge in [0.2, 0.25) is 0 Å². The molecule has 190 valence electrons. The van der Waals surface area contributed by atoms with Crippen LogP contribution in [0, 0.1) is 48.4 Å². The molecule has 4 aromatic rings. The van der Waals surface area contributed by atoms with Crippen molar-refractivity contribution in [2.24, 2.45) is 0 Å². The Balaban J connectivity index is 1.46. The Morgan fingerprint density at radius 2 is 0.974 bits per heavy atom. The highest BCUT2D eigenvalue weighted by atomic mass is 14.8. The Bertz CT molecular complexity index is 1440. The first kappa shape index (κ1) is 27.1. The highest BCUT2D eigenvalue weighted by Gasteiger charge is 2.12. The minimum absolute atomic E-state index is 0.648. The van der Waals surface area contributed by atoms with Gasteiger partial charge in [0.1, 0.15) is 0 Å². The molecule has 0 spiro atoms. The Morgan fingerprint density at radius 3 is 1.42 bits per heavy atom. The fourth-order valence-corrected chi connectivity index (χ4v) is 4.94. The van der Waals surface area contributed by atoms with E-state index in [1.54, 1.807) is 0 Å². The third-order valence-electron chi connectivity index (χ3n) is 6.88. The lowest BCUT2D eigenvalue weighted by Crippen LogP contribution is -2.14. The molecule has 4 rings (SSSR count). The monoisotopic (exact) mass is 496 g/mol. The summed E-state index contributed by atoms with van der Waals surface area (Å²) in [5.41, 5.74) is 2.21. The van der Waals surface area contributed by atoms with Crippen LogP contribution in [0.3, 0.4) is 0 Å². The first-order chi connectivity index (χ1) is 18.8. The van der Waals surface area contributed by atoms with Gasteiger partial charge in [0.05, 0.1) is 13.1 Å². The average Bonchev–Trinajstić information content (AvgIpc) is 2.95. The maximum absolute atomic E-state index is 5.27. The van der Waals surface area contributed by atoms with Gasteiger partial charge in [-0.15, -0.1) is 12.8 Å². The van der Waals surface area contributed by atoms with Crippen molar-refractivity contribution in [1.29, 1.82) is 0 Å². The quantitative estimate of drug-likeness (QED) is 0.127. The van der Waals surface area contributed by atoms with Crippen molar-refractivity contribution in [3.05, 3.63) is 59.7 Å². The van der Waals surface area contributed by atoms with Crippen molar-refractivity contribution in [3.8, 4) is 48.4 Å². The van der Waals surface area contributed by atoms with Gasteiger partial charge >= 0.3 is 0 Å². The van der Waals surface area contributed by atoms with E-state index >= 15 is 0 Å². The number of rotatable bonds is 12. The summed E-state index contributed by atoms with van der Waals surface area (Å²) < 4.78 is 0. The van der Waals surface area contributed by atoms with E-state index in [-0.39, 0.29) is 0 Å². The molecule has 2 N–H and O–H groups in total. The summed E-state index contributed by atoms with van der Waals surface area (Å²) >= 11 is 0. The number of unbranched alkanes of at least 4 members (excludes halogenated alkanes) is 6. The van der Waals surface area contributed by atoms with Crippen LogP contribution in [0.2, 0.25) is 0 Å². The average molecular weight is 497 g/mol. The number of hydrogen-bond donors (Lipinski definition) is 2. The van der Waals surface area contributed by atoms with Crippen LogP contribution in [0.25, 0.3) is 32.3 Å². The predicted molar refractivity (Wildman–Crippen MR) is 164 cm³/mol. The standard InChI is InChI=1S/C36H36N2/c1-3-25-37-27-13-9-5-7-11-15-29-17-19-31-22-24-34-30(16-12-8-6-10-14-28-38-26-4-2)18-20-32-21-23-33(29)35(31)36(32)34/h1-2,17-24,37-38H,5-10,13-14,25-28H2. The zero-order chi connectivity index (χ0) is 26.4. The van der Waals surface area contributed by atoms with Gasteiger partial charge < -0.3 is 10.6 Å². The number of hydrogen-bond acceptors (Lipinski definition) is 2. The molecule has 0 aromatic heterocycles. The molecule has 4 aromatic carbocycles. The topological polar surface area (TPSA) is 24.1 Å². The number of nitrogens with one attached hydrogen (secondary N) is 2. The summed E-state index contributed by atoms with van der Waals surface area (Å²) in [5.74, 6) is 19.0. The number of benzene rings is 4.